The van der Waals surface area contributed by atoms with Crippen molar-refractivity contribution in [2.24, 2.45) is 0 Å². The van der Waals surface area contributed by atoms with Gasteiger partial charge in [-0.2, -0.15) is 0 Å². The third kappa shape index (κ3) is 5.02. The molecule has 0 aliphatic carbocycles. The van der Waals surface area contributed by atoms with Crippen molar-refractivity contribution < 1.29 is 18.7 Å². The highest BCUT2D eigenvalue weighted by Gasteiger charge is 2.08. The predicted molar refractivity (Wildman–Crippen MR) is 115 cm³/mol. The number of ether oxygens (including phenoxy) is 2. The summed E-state index contributed by atoms with van der Waals surface area (Å²) in [6.07, 6.45) is 0. The zero-order valence-corrected chi connectivity index (χ0v) is 16.6. The Labute approximate surface area is 178 Å². The van der Waals surface area contributed by atoms with Crippen LogP contribution < -0.4 is 14.8 Å². The summed E-state index contributed by atoms with van der Waals surface area (Å²) in [6.45, 7) is 0. The van der Waals surface area contributed by atoms with E-state index in [-0.39, 0.29) is 11.7 Å². The molecule has 0 atom stereocenters. The van der Waals surface area contributed by atoms with Crippen molar-refractivity contribution in [1.82, 2.24) is 10.2 Å². The van der Waals surface area contributed by atoms with E-state index >= 15 is 0 Å². The van der Waals surface area contributed by atoms with Gasteiger partial charge in [0.1, 0.15) is 17.3 Å². The van der Waals surface area contributed by atoms with Crippen molar-refractivity contribution in [3.8, 4) is 28.6 Å². The van der Waals surface area contributed by atoms with E-state index in [0.29, 0.717) is 28.6 Å². The quantitative estimate of drug-likeness (QED) is 0.460. The van der Waals surface area contributed by atoms with Crippen molar-refractivity contribution in [2.45, 2.75) is 0 Å². The van der Waals surface area contributed by atoms with Gasteiger partial charge in [0.05, 0.1) is 12.8 Å². The minimum Gasteiger partial charge on any atom is -0.497 e. The van der Waals surface area contributed by atoms with Gasteiger partial charge in [-0.05, 0) is 66.7 Å². The number of carbonyl (C=O) groups is 1. The largest absolute Gasteiger partial charge is 0.497 e. The van der Waals surface area contributed by atoms with E-state index in [9.17, 15) is 9.18 Å². The normalized spacial score (nSPS) is 10.4. The maximum Gasteiger partial charge on any atom is 0.255 e. The lowest BCUT2D eigenvalue weighted by atomic mass is 10.1. The molecule has 0 radical (unpaired) electrons. The highest BCUT2D eigenvalue weighted by molar-refractivity contribution is 6.04. The second kappa shape index (κ2) is 9.04. The SMILES string of the molecule is COc1ccc(NC(=O)c2ccc(-c3ccc(Oc4ccc(F)cc4)nn3)cc2)cc1. The fourth-order valence-electron chi connectivity index (χ4n) is 2.82. The van der Waals surface area contributed by atoms with E-state index in [1.54, 1.807) is 67.8 Å². The monoisotopic (exact) mass is 415 g/mol. The molecule has 0 fully saturated rings. The van der Waals surface area contributed by atoms with Gasteiger partial charge in [-0.3, -0.25) is 4.79 Å². The Bertz CT molecular complexity index is 1160. The first kappa shape index (κ1) is 20.0. The Morgan fingerprint density at radius 2 is 1.48 bits per heavy atom. The molecule has 4 aromatic rings. The Hall–Kier alpha value is -4.26. The van der Waals surface area contributed by atoms with E-state index in [1.165, 1.54) is 24.3 Å². The summed E-state index contributed by atoms with van der Waals surface area (Å²) in [4.78, 5) is 12.4. The number of amides is 1. The van der Waals surface area contributed by atoms with Crippen molar-refractivity contribution in [2.75, 3.05) is 12.4 Å². The van der Waals surface area contributed by atoms with Crippen LogP contribution in [0.15, 0.2) is 84.9 Å². The van der Waals surface area contributed by atoms with Gasteiger partial charge in [0.15, 0.2) is 0 Å². The summed E-state index contributed by atoms with van der Waals surface area (Å²) in [5, 5.41) is 11.0. The van der Waals surface area contributed by atoms with Gasteiger partial charge in [-0.15, -0.1) is 10.2 Å². The van der Waals surface area contributed by atoms with Gasteiger partial charge < -0.3 is 14.8 Å². The van der Waals surface area contributed by atoms with E-state index in [1.807, 2.05) is 0 Å². The van der Waals surface area contributed by atoms with E-state index in [2.05, 4.69) is 15.5 Å². The van der Waals surface area contributed by atoms with Gasteiger partial charge in [0.25, 0.3) is 5.91 Å². The molecule has 0 unspecified atom stereocenters. The second-order valence-corrected chi connectivity index (χ2v) is 6.57. The molecule has 0 saturated carbocycles. The number of anilines is 1. The first-order valence-electron chi connectivity index (χ1n) is 9.44. The smallest absolute Gasteiger partial charge is 0.255 e. The van der Waals surface area contributed by atoms with Crippen molar-refractivity contribution in [1.29, 1.82) is 0 Å². The first-order chi connectivity index (χ1) is 15.1. The van der Waals surface area contributed by atoms with Crippen LogP contribution in [0.5, 0.6) is 17.4 Å². The lowest BCUT2D eigenvalue weighted by Crippen LogP contribution is -2.11. The van der Waals surface area contributed by atoms with Crippen LogP contribution in [0.2, 0.25) is 0 Å². The van der Waals surface area contributed by atoms with Crippen LogP contribution in [-0.4, -0.2) is 23.2 Å². The molecule has 1 amide bonds. The molecule has 0 spiro atoms. The molecule has 6 nitrogen and oxygen atoms in total. The van der Waals surface area contributed by atoms with Gasteiger partial charge in [-0.25, -0.2) is 4.39 Å². The minimum atomic E-state index is -0.338. The van der Waals surface area contributed by atoms with E-state index < -0.39 is 0 Å². The summed E-state index contributed by atoms with van der Waals surface area (Å²) < 4.78 is 23.6. The Morgan fingerprint density at radius 3 is 2.10 bits per heavy atom. The molecule has 7 heteroatoms. The first-order valence-corrected chi connectivity index (χ1v) is 9.44. The number of benzene rings is 3. The van der Waals surface area contributed by atoms with Crippen molar-refractivity contribution >= 4 is 11.6 Å². The lowest BCUT2D eigenvalue weighted by Gasteiger charge is -2.08. The highest BCUT2D eigenvalue weighted by atomic mass is 19.1. The number of nitrogens with one attached hydrogen (secondary N) is 1. The molecule has 0 bridgehead atoms. The molecule has 4 rings (SSSR count). The Morgan fingerprint density at radius 1 is 0.806 bits per heavy atom. The fourth-order valence-corrected chi connectivity index (χ4v) is 2.82. The maximum atomic E-state index is 13.0. The number of methoxy groups -OCH3 is 1. The molecule has 0 aliphatic rings. The van der Waals surface area contributed by atoms with Gasteiger partial charge >= 0.3 is 0 Å². The van der Waals surface area contributed by atoms with Crippen LogP contribution in [0, 0.1) is 5.82 Å². The summed E-state index contributed by atoms with van der Waals surface area (Å²) >= 11 is 0. The Kier molecular flexibility index (Phi) is 5.84. The topological polar surface area (TPSA) is 73.3 Å². The van der Waals surface area contributed by atoms with Crippen molar-refractivity contribution in [3.63, 3.8) is 0 Å². The number of hydrogen-bond acceptors (Lipinski definition) is 5. The maximum absolute atomic E-state index is 13.0. The average molecular weight is 415 g/mol. The molecule has 1 heterocycles. The standard InChI is InChI=1S/C24H18FN3O3/c1-30-20-12-8-19(9-13-20)26-24(29)17-4-2-16(3-5-17)22-14-15-23(28-27-22)31-21-10-6-18(25)7-11-21/h2-15H,1H3,(H,26,29). The fraction of sp³-hybridized carbons (Fsp3) is 0.0417. The predicted octanol–water partition coefficient (Wildman–Crippen LogP) is 5.34. The molecular weight excluding hydrogens is 397 g/mol. The van der Waals surface area contributed by atoms with Crippen LogP contribution in [0.4, 0.5) is 10.1 Å². The third-order valence-corrected chi connectivity index (χ3v) is 4.47. The third-order valence-electron chi connectivity index (χ3n) is 4.47. The Balaban J connectivity index is 1.41. The molecule has 154 valence electrons. The van der Waals surface area contributed by atoms with Crippen LogP contribution in [0.1, 0.15) is 10.4 Å². The van der Waals surface area contributed by atoms with Crippen LogP contribution in [-0.2, 0) is 0 Å². The number of carbonyl (C=O) groups excluding carboxylic acids is 1. The minimum absolute atomic E-state index is 0.217. The van der Waals surface area contributed by atoms with Crippen LogP contribution in [0.3, 0.4) is 0 Å². The van der Waals surface area contributed by atoms with Crippen molar-refractivity contribution in [3.05, 3.63) is 96.3 Å². The van der Waals surface area contributed by atoms with Crippen LogP contribution in [0.25, 0.3) is 11.3 Å². The number of aromatic nitrogens is 2. The molecule has 3 aromatic carbocycles. The van der Waals surface area contributed by atoms with Crippen LogP contribution >= 0.6 is 0 Å². The van der Waals surface area contributed by atoms with E-state index in [4.69, 9.17) is 9.47 Å². The summed E-state index contributed by atoms with van der Waals surface area (Å²) in [5.41, 5.74) is 2.64. The second-order valence-electron chi connectivity index (χ2n) is 6.57. The number of halogens is 1. The van der Waals surface area contributed by atoms with Gasteiger partial charge in [-0.1, -0.05) is 12.1 Å². The van der Waals surface area contributed by atoms with E-state index in [0.717, 1.165) is 11.3 Å². The molecule has 0 saturated heterocycles. The number of rotatable bonds is 6. The summed E-state index contributed by atoms with van der Waals surface area (Å²) in [7, 11) is 1.59. The molecular formula is C24H18FN3O3. The number of hydrogen-bond donors (Lipinski definition) is 1. The van der Waals surface area contributed by atoms with Gasteiger partial charge in [0.2, 0.25) is 5.88 Å². The van der Waals surface area contributed by atoms with Gasteiger partial charge in [0, 0.05) is 22.9 Å². The molecule has 1 N–H and O–H groups in total. The molecule has 31 heavy (non-hydrogen) atoms. The average Bonchev–Trinajstić information content (AvgIpc) is 2.82. The zero-order valence-electron chi connectivity index (χ0n) is 16.6. The lowest BCUT2D eigenvalue weighted by molar-refractivity contribution is 0.102. The molecule has 0 aliphatic heterocycles. The molecule has 1 aromatic heterocycles. The summed E-state index contributed by atoms with van der Waals surface area (Å²) in [5.74, 6) is 0.930. The highest BCUT2D eigenvalue weighted by Crippen LogP contribution is 2.23. The zero-order chi connectivity index (χ0) is 21.6. The number of nitrogens with zero attached hydrogens (tertiary/aromatic N) is 2. The summed E-state index contributed by atoms with van der Waals surface area (Å²) in [6, 6.07) is 23.2.